The molecule has 2 heterocycles. The average molecular weight is 207 g/mol. The fourth-order valence-electron chi connectivity index (χ4n) is 1.93. The van der Waals surface area contributed by atoms with Gasteiger partial charge in [0.2, 0.25) is 5.88 Å². The van der Waals surface area contributed by atoms with Gasteiger partial charge < -0.3 is 9.47 Å². The van der Waals surface area contributed by atoms with Crippen molar-refractivity contribution in [3.8, 4) is 5.88 Å². The van der Waals surface area contributed by atoms with Crippen LogP contribution >= 0.6 is 0 Å². The Morgan fingerprint density at radius 1 is 1.53 bits per heavy atom. The average Bonchev–Trinajstić information content (AvgIpc) is 2.29. The van der Waals surface area contributed by atoms with Crippen LogP contribution in [0.2, 0.25) is 0 Å². The third-order valence-electron chi connectivity index (χ3n) is 2.89. The highest BCUT2D eigenvalue weighted by atomic mass is 16.5. The summed E-state index contributed by atoms with van der Waals surface area (Å²) in [6.45, 7) is 3.13. The Morgan fingerprint density at radius 2 is 2.40 bits per heavy atom. The Labute approximate surface area is 90.4 Å². The largest absolute Gasteiger partial charge is 0.481 e. The van der Waals surface area contributed by atoms with Crippen LogP contribution < -0.4 is 4.74 Å². The van der Waals surface area contributed by atoms with Gasteiger partial charge in [0.25, 0.3) is 0 Å². The monoisotopic (exact) mass is 207 g/mol. The van der Waals surface area contributed by atoms with E-state index >= 15 is 0 Å². The SMILES string of the molecule is COc1cc(C2CC(C)CCO2)ccn1. The van der Waals surface area contributed by atoms with Crippen molar-refractivity contribution in [3.63, 3.8) is 0 Å². The maximum atomic E-state index is 5.75. The van der Waals surface area contributed by atoms with Crippen molar-refractivity contribution in [3.05, 3.63) is 23.9 Å². The molecule has 15 heavy (non-hydrogen) atoms. The number of rotatable bonds is 2. The number of hydrogen-bond acceptors (Lipinski definition) is 3. The van der Waals surface area contributed by atoms with Gasteiger partial charge in [-0.05, 0) is 30.4 Å². The molecule has 0 aliphatic carbocycles. The van der Waals surface area contributed by atoms with Crippen molar-refractivity contribution < 1.29 is 9.47 Å². The van der Waals surface area contributed by atoms with Crippen LogP contribution in [0.25, 0.3) is 0 Å². The van der Waals surface area contributed by atoms with Crippen LogP contribution in [0.15, 0.2) is 18.3 Å². The number of nitrogens with zero attached hydrogens (tertiary/aromatic N) is 1. The lowest BCUT2D eigenvalue weighted by Gasteiger charge is -2.27. The van der Waals surface area contributed by atoms with Crippen LogP contribution in [0.3, 0.4) is 0 Å². The van der Waals surface area contributed by atoms with E-state index in [1.807, 2.05) is 12.1 Å². The molecule has 0 amide bonds. The third kappa shape index (κ3) is 2.48. The summed E-state index contributed by atoms with van der Waals surface area (Å²) in [6.07, 6.45) is 4.24. The van der Waals surface area contributed by atoms with Gasteiger partial charge >= 0.3 is 0 Å². The van der Waals surface area contributed by atoms with E-state index in [0.717, 1.165) is 18.9 Å². The van der Waals surface area contributed by atoms with Crippen LogP contribution in [-0.4, -0.2) is 18.7 Å². The van der Waals surface area contributed by atoms with Gasteiger partial charge in [-0.3, -0.25) is 0 Å². The molecule has 2 atom stereocenters. The highest BCUT2D eigenvalue weighted by Gasteiger charge is 2.21. The van der Waals surface area contributed by atoms with Gasteiger partial charge in [-0.25, -0.2) is 4.98 Å². The lowest BCUT2D eigenvalue weighted by Crippen LogP contribution is -2.17. The van der Waals surface area contributed by atoms with Crippen molar-refractivity contribution in [1.82, 2.24) is 4.98 Å². The van der Waals surface area contributed by atoms with Crippen LogP contribution in [0.1, 0.15) is 31.4 Å². The molecule has 1 aliphatic rings. The molecule has 3 heteroatoms. The normalized spacial score (nSPS) is 26.3. The van der Waals surface area contributed by atoms with E-state index in [1.165, 1.54) is 12.0 Å². The molecule has 1 fully saturated rings. The molecular weight excluding hydrogens is 190 g/mol. The van der Waals surface area contributed by atoms with Crippen molar-refractivity contribution in [2.24, 2.45) is 5.92 Å². The Kier molecular flexibility index (Phi) is 3.21. The van der Waals surface area contributed by atoms with E-state index in [2.05, 4.69) is 11.9 Å². The van der Waals surface area contributed by atoms with E-state index in [9.17, 15) is 0 Å². The highest BCUT2D eigenvalue weighted by Crippen LogP contribution is 2.31. The van der Waals surface area contributed by atoms with E-state index in [1.54, 1.807) is 13.3 Å². The first-order valence-electron chi connectivity index (χ1n) is 5.41. The Hall–Kier alpha value is -1.09. The molecule has 1 aliphatic heterocycles. The van der Waals surface area contributed by atoms with Crippen molar-refractivity contribution in [2.45, 2.75) is 25.9 Å². The third-order valence-corrected chi connectivity index (χ3v) is 2.89. The molecule has 2 unspecified atom stereocenters. The summed E-state index contributed by atoms with van der Waals surface area (Å²) in [4.78, 5) is 4.09. The molecule has 2 rings (SSSR count). The molecule has 3 nitrogen and oxygen atoms in total. The van der Waals surface area contributed by atoms with Crippen LogP contribution in [0, 0.1) is 5.92 Å². The number of ether oxygens (including phenoxy) is 2. The van der Waals surface area contributed by atoms with Crippen LogP contribution in [0.5, 0.6) is 5.88 Å². The molecule has 0 aromatic carbocycles. The number of methoxy groups -OCH3 is 1. The number of aromatic nitrogens is 1. The Balaban J connectivity index is 2.13. The van der Waals surface area contributed by atoms with E-state index in [4.69, 9.17) is 9.47 Å². The van der Waals surface area contributed by atoms with E-state index in [0.29, 0.717) is 5.88 Å². The minimum atomic E-state index is 0.214. The first kappa shape index (κ1) is 10.4. The standard InChI is InChI=1S/C12H17NO2/c1-9-4-6-15-11(7-9)10-3-5-13-12(8-10)14-2/h3,5,8-9,11H,4,6-7H2,1-2H3. The summed E-state index contributed by atoms with van der Waals surface area (Å²) in [5.74, 6) is 1.40. The molecular formula is C12H17NO2. The van der Waals surface area contributed by atoms with Gasteiger partial charge in [0, 0.05) is 18.9 Å². The predicted octanol–water partition coefficient (Wildman–Crippen LogP) is 2.58. The molecule has 0 bridgehead atoms. The molecule has 0 saturated carbocycles. The fourth-order valence-corrected chi connectivity index (χ4v) is 1.93. The molecule has 1 aromatic heterocycles. The highest BCUT2D eigenvalue weighted by molar-refractivity contribution is 5.22. The molecule has 0 N–H and O–H groups in total. The zero-order valence-electron chi connectivity index (χ0n) is 9.27. The summed E-state index contributed by atoms with van der Waals surface area (Å²) in [5, 5.41) is 0. The summed E-state index contributed by atoms with van der Waals surface area (Å²) in [5.41, 5.74) is 1.17. The predicted molar refractivity (Wildman–Crippen MR) is 57.9 cm³/mol. The second-order valence-corrected chi connectivity index (χ2v) is 4.12. The van der Waals surface area contributed by atoms with Crippen LogP contribution in [0.4, 0.5) is 0 Å². The minimum absolute atomic E-state index is 0.214. The van der Waals surface area contributed by atoms with Crippen molar-refractivity contribution in [1.29, 1.82) is 0 Å². The van der Waals surface area contributed by atoms with Crippen molar-refractivity contribution in [2.75, 3.05) is 13.7 Å². The van der Waals surface area contributed by atoms with Gasteiger partial charge in [0.15, 0.2) is 0 Å². The smallest absolute Gasteiger partial charge is 0.213 e. The fraction of sp³-hybridized carbons (Fsp3) is 0.583. The lowest BCUT2D eigenvalue weighted by atomic mass is 9.94. The molecule has 82 valence electrons. The van der Waals surface area contributed by atoms with Gasteiger partial charge in [-0.2, -0.15) is 0 Å². The van der Waals surface area contributed by atoms with Gasteiger partial charge in [0.1, 0.15) is 0 Å². The maximum absolute atomic E-state index is 5.75. The minimum Gasteiger partial charge on any atom is -0.481 e. The summed E-state index contributed by atoms with van der Waals surface area (Å²) >= 11 is 0. The molecule has 1 aromatic rings. The molecule has 1 saturated heterocycles. The van der Waals surface area contributed by atoms with Gasteiger partial charge in [0.05, 0.1) is 13.2 Å². The summed E-state index contributed by atoms with van der Waals surface area (Å²) in [7, 11) is 1.64. The molecule has 0 radical (unpaired) electrons. The Bertz CT molecular complexity index is 327. The zero-order valence-corrected chi connectivity index (χ0v) is 9.27. The topological polar surface area (TPSA) is 31.4 Å². The Morgan fingerprint density at radius 3 is 3.13 bits per heavy atom. The summed E-state index contributed by atoms with van der Waals surface area (Å²) < 4.78 is 10.9. The zero-order chi connectivity index (χ0) is 10.7. The van der Waals surface area contributed by atoms with E-state index in [-0.39, 0.29) is 6.10 Å². The van der Waals surface area contributed by atoms with Crippen LogP contribution in [-0.2, 0) is 4.74 Å². The quantitative estimate of drug-likeness (QED) is 0.747. The summed E-state index contributed by atoms with van der Waals surface area (Å²) in [6, 6.07) is 3.97. The maximum Gasteiger partial charge on any atom is 0.213 e. The first-order valence-corrected chi connectivity index (χ1v) is 5.41. The number of hydrogen-bond donors (Lipinski definition) is 0. The molecule has 0 spiro atoms. The number of pyridine rings is 1. The lowest BCUT2D eigenvalue weighted by molar-refractivity contribution is -0.00648. The second-order valence-electron chi connectivity index (χ2n) is 4.12. The van der Waals surface area contributed by atoms with Crippen molar-refractivity contribution >= 4 is 0 Å². The van der Waals surface area contributed by atoms with Gasteiger partial charge in [-0.1, -0.05) is 6.92 Å². The van der Waals surface area contributed by atoms with Gasteiger partial charge in [-0.15, -0.1) is 0 Å². The first-order chi connectivity index (χ1) is 7.29. The van der Waals surface area contributed by atoms with E-state index < -0.39 is 0 Å². The second kappa shape index (κ2) is 4.62.